The summed E-state index contributed by atoms with van der Waals surface area (Å²) >= 11 is 0. The lowest BCUT2D eigenvalue weighted by atomic mass is 10.1. The van der Waals surface area contributed by atoms with Crippen LogP contribution in [0, 0.1) is 0 Å². The number of ether oxygens (including phenoxy) is 1. The van der Waals surface area contributed by atoms with Crippen LogP contribution in [-0.2, 0) is 9.84 Å². The van der Waals surface area contributed by atoms with E-state index in [9.17, 15) is 8.42 Å². The highest BCUT2D eigenvalue weighted by Gasteiger charge is 2.21. The summed E-state index contributed by atoms with van der Waals surface area (Å²) in [5, 5.41) is 4.45. The third kappa shape index (κ3) is 3.83. The molecule has 1 aromatic heterocycles. The summed E-state index contributed by atoms with van der Waals surface area (Å²) in [5.41, 5.74) is 4.07. The van der Waals surface area contributed by atoms with Gasteiger partial charge in [0.1, 0.15) is 5.75 Å². The maximum Gasteiger partial charge on any atom is 0.153 e. The van der Waals surface area contributed by atoms with Gasteiger partial charge in [-0.2, -0.15) is 5.10 Å². The van der Waals surface area contributed by atoms with Crippen LogP contribution in [0.5, 0.6) is 5.75 Å². The van der Waals surface area contributed by atoms with E-state index >= 15 is 0 Å². The van der Waals surface area contributed by atoms with E-state index < -0.39 is 9.84 Å². The zero-order chi connectivity index (χ0) is 18.9. The van der Waals surface area contributed by atoms with E-state index in [1.165, 1.54) is 0 Å². The molecular formula is C20H21N3O3S. The van der Waals surface area contributed by atoms with Crippen molar-refractivity contribution in [3.05, 3.63) is 60.9 Å². The second kappa shape index (κ2) is 7.08. The smallest absolute Gasteiger partial charge is 0.153 e. The van der Waals surface area contributed by atoms with E-state index in [1.54, 1.807) is 7.11 Å². The second-order valence-corrected chi connectivity index (χ2v) is 8.86. The summed E-state index contributed by atoms with van der Waals surface area (Å²) in [6.45, 7) is 1.10. The number of hydrogen-bond donors (Lipinski definition) is 0. The molecule has 7 heteroatoms. The van der Waals surface area contributed by atoms with Crippen LogP contribution in [0.4, 0.5) is 5.69 Å². The maximum absolute atomic E-state index is 11.6. The van der Waals surface area contributed by atoms with Crippen LogP contribution in [0.15, 0.2) is 60.9 Å². The molecule has 2 aromatic carbocycles. The van der Waals surface area contributed by atoms with Gasteiger partial charge in [0, 0.05) is 36.6 Å². The summed E-state index contributed by atoms with van der Waals surface area (Å²) in [6, 6.07) is 15.9. The van der Waals surface area contributed by atoms with Crippen molar-refractivity contribution in [3.63, 3.8) is 0 Å². The van der Waals surface area contributed by atoms with Crippen molar-refractivity contribution in [1.82, 2.24) is 9.78 Å². The second-order valence-electron chi connectivity index (χ2n) is 6.56. The van der Waals surface area contributed by atoms with Crippen molar-refractivity contribution < 1.29 is 13.2 Å². The standard InChI is InChI=1S/C20H21N3O3S/c1-26-20-4-2-3-19(13-20)23-15-17(14-21-23)16-5-7-18(8-6-16)22-9-11-27(24,25)12-10-22/h2-8,13-15H,9-12H2,1H3. The Kier molecular flexibility index (Phi) is 4.61. The molecule has 0 bridgehead atoms. The van der Waals surface area contributed by atoms with Crippen LogP contribution in [0.3, 0.4) is 0 Å². The molecule has 1 fully saturated rings. The molecule has 1 aliphatic heterocycles. The minimum absolute atomic E-state index is 0.224. The summed E-state index contributed by atoms with van der Waals surface area (Å²) in [5.74, 6) is 1.24. The summed E-state index contributed by atoms with van der Waals surface area (Å²) in [4.78, 5) is 2.12. The molecular weight excluding hydrogens is 362 g/mol. The van der Waals surface area contributed by atoms with Crippen molar-refractivity contribution in [1.29, 1.82) is 0 Å². The topological polar surface area (TPSA) is 64.4 Å². The van der Waals surface area contributed by atoms with Crippen LogP contribution < -0.4 is 9.64 Å². The van der Waals surface area contributed by atoms with Crippen LogP contribution in [0.2, 0.25) is 0 Å². The van der Waals surface area contributed by atoms with Gasteiger partial charge >= 0.3 is 0 Å². The van der Waals surface area contributed by atoms with Gasteiger partial charge in [-0.05, 0) is 29.8 Å². The lowest BCUT2D eigenvalue weighted by molar-refractivity contribution is 0.414. The lowest BCUT2D eigenvalue weighted by Gasteiger charge is -2.28. The Bertz CT molecular complexity index is 1030. The minimum Gasteiger partial charge on any atom is -0.497 e. The quantitative estimate of drug-likeness (QED) is 0.693. The SMILES string of the molecule is COc1cccc(-n2cc(-c3ccc(N4CCS(=O)(=O)CC4)cc3)cn2)c1. The molecule has 140 valence electrons. The molecule has 2 heterocycles. The van der Waals surface area contributed by atoms with E-state index in [2.05, 4.69) is 10.00 Å². The first kappa shape index (κ1) is 17.6. The van der Waals surface area contributed by atoms with Crippen molar-refractivity contribution in [2.24, 2.45) is 0 Å². The Labute approximate surface area is 158 Å². The van der Waals surface area contributed by atoms with Crippen molar-refractivity contribution >= 4 is 15.5 Å². The predicted octanol–water partition coefficient (Wildman–Crippen LogP) is 2.78. The fourth-order valence-corrected chi connectivity index (χ4v) is 4.40. The van der Waals surface area contributed by atoms with Gasteiger partial charge in [-0.15, -0.1) is 0 Å². The number of methoxy groups -OCH3 is 1. The van der Waals surface area contributed by atoms with Crippen LogP contribution in [0.25, 0.3) is 16.8 Å². The molecule has 0 N–H and O–H groups in total. The number of sulfone groups is 1. The van der Waals surface area contributed by atoms with E-state index in [4.69, 9.17) is 4.74 Å². The highest BCUT2D eigenvalue weighted by molar-refractivity contribution is 7.91. The summed E-state index contributed by atoms with van der Waals surface area (Å²) < 4.78 is 30.3. The van der Waals surface area contributed by atoms with Gasteiger partial charge in [-0.25, -0.2) is 13.1 Å². The molecule has 1 saturated heterocycles. The van der Waals surface area contributed by atoms with Gasteiger partial charge in [0.05, 0.1) is 30.5 Å². The molecule has 3 aromatic rings. The molecule has 0 amide bonds. The fraction of sp³-hybridized carbons (Fsp3) is 0.250. The minimum atomic E-state index is -2.87. The summed E-state index contributed by atoms with van der Waals surface area (Å²) in [6.07, 6.45) is 3.82. The van der Waals surface area contributed by atoms with E-state index in [1.807, 2.05) is 65.6 Å². The third-order valence-electron chi connectivity index (χ3n) is 4.81. The molecule has 0 spiro atoms. The molecule has 27 heavy (non-hydrogen) atoms. The van der Waals surface area contributed by atoms with Crippen LogP contribution in [-0.4, -0.2) is 49.9 Å². The van der Waals surface area contributed by atoms with E-state index in [0.717, 1.165) is 28.3 Å². The molecule has 1 aliphatic rings. The third-order valence-corrected chi connectivity index (χ3v) is 6.42. The summed E-state index contributed by atoms with van der Waals surface area (Å²) in [7, 11) is -1.22. The Morgan fingerprint density at radius 1 is 0.963 bits per heavy atom. The normalized spacial score (nSPS) is 16.3. The highest BCUT2D eigenvalue weighted by atomic mass is 32.2. The number of benzene rings is 2. The number of aromatic nitrogens is 2. The van der Waals surface area contributed by atoms with Gasteiger partial charge in [0.2, 0.25) is 0 Å². The molecule has 0 saturated carbocycles. The first-order valence-electron chi connectivity index (χ1n) is 8.79. The predicted molar refractivity (Wildman–Crippen MR) is 106 cm³/mol. The van der Waals surface area contributed by atoms with E-state index in [-0.39, 0.29) is 11.5 Å². The van der Waals surface area contributed by atoms with Gasteiger partial charge in [0.15, 0.2) is 9.84 Å². The Balaban J connectivity index is 1.52. The highest BCUT2D eigenvalue weighted by Crippen LogP contribution is 2.25. The number of rotatable bonds is 4. The number of hydrogen-bond acceptors (Lipinski definition) is 5. The Morgan fingerprint density at radius 3 is 2.41 bits per heavy atom. The zero-order valence-corrected chi connectivity index (χ0v) is 15.9. The molecule has 6 nitrogen and oxygen atoms in total. The first-order valence-corrected chi connectivity index (χ1v) is 10.6. The van der Waals surface area contributed by atoms with E-state index in [0.29, 0.717) is 13.1 Å². The molecule has 0 atom stereocenters. The van der Waals surface area contributed by atoms with Gasteiger partial charge in [0.25, 0.3) is 0 Å². The number of anilines is 1. The maximum atomic E-state index is 11.6. The fourth-order valence-electron chi connectivity index (χ4n) is 3.20. The van der Waals surface area contributed by atoms with Gasteiger partial charge < -0.3 is 9.64 Å². The molecule has 0 aliphatic carbocycles. The zero-order valence-electron chi connectivity index (χ0n) is 15.1. The first-order chi connectivity index (χ1) is 13.0. The van der Waals surface area contributed by atoms with Crippen LogP contribution >= 0.6 is 0 Å². The Morgan fingerprint density at radius 2 is 1.70 bits per heavy atom. The monoisotopic (exact) mass is 383 g/mol. The van der Waals surface area contributed by atoms with Crippen LogP contribution in [0.1, 0.15) is 0 Å². The van der Waals surface area contributed by atoms with Crippen molar-refractivity contribution in [2.45, 2.75) is 0 Å². The lowest BCUT2D eigenvalue weighted by Crippen LogP contribution is -2.40. The molecule has 4 rings (SSSR count). The molecule has 0 unspecified atom stereocenters. The largest absolute Gasteiger partial charge is 0.497 e. The average Bonchev–Trinajstić information content (AvgIpc) is 3.18. The van der Waals surface area contributed by atoms with Gasteiger partial charge in [-0.3, -0.25) is 0 Å². The average molecular weight is 383 g/mol. The molecule has 0 radical (unpaired) electrons. The Hall–Kier alpha value is -2.80. The number of nitrogens with zero attached hydrogens (tertiary/aromatic N) is 3. The van der Waals surface area contributed by atoms with Crippen molar-refractivity contribution in [2.75, 3.05) is 36.6 Å². The van der Waals surface area contributed by atoms with Crippen molar-refractivity contribution in [3.8, 4) is 22.6 Å². The van der Waals surface area contributed by atoms with Gasteiger partial charge in [-0.1, -0.05) is 18.2 Å².